The Kier molecular flexibility index (Phi) is 5.79. The third-order valence-corrected chi connectivity index (χ3v) is 6.19. The van der Waals surface area contributed by atoms with Crippen molar-refractivity contribution in [3.63, 3.8) is 0 Å². The molecule has 2 atom stereocenters. The van der Waals surface area contributed by atoms with Crippen LogP contribution in [0.4, 0.5) is 11.4 Å². The van der Waals surface area contributed by atoms with E-state index in [9.17, 15) is 4.79 Å². The van der Waals surface area contributed by atoms with Gasteiger partial charge in [-0.05, 0) is 51.1 Å². The molecule has 7 nitrogen and oxygen atoms in total. The minimum atomic E-state index is -0.179. The van der Waals surface area contributed by atoms with Crippen molar-refractivity contribution in [3.05, 3.63) is 71.9 Å². The summed E-state index contributed by atoms with van der Waals surface area (Å²) in [6.07, 6.45) is 0.387. The molecule has 0 saturated carbocycles. The molecule has 2 unspecified atom stereocenters. The number of nitrogens with zero attached hydrogens (tertiary/aromatic N) is 4. The van der Waals surface area contributed by atoms with Gasteiger partial charge >= 0.3 is 0 Å². The van der Waals surface area contributed by atoms with Crippen molar-refractivity contribution in [1.29, 1.82) is 0 Å². The molecule has 1 saturated heterocycles. The first kappa shape index (κ1) is 22.1. The normalized spacial score (nSPS) is 18.3. The summed E-state index contributed by atoms with van der Waals surface area (Å²) >= 11 is 0. The van der Waals surface area contributed by atoms with Crippen LogP contribution in [0.1, 0.15) is 29.9 Å². The highest BCUT2D eigenvalue weighted by atomic mass is 16.5. The molecule has 34 heavy (non-hydrogen) atoms. The molecule has 4 aromatic rings. The lowest BCUT2D eigenvalue weighted by Gasteiger charge is -2.36. The molecule has 1 fully saturated rings. The maximum atomic E-state index is 13.4. The van der Waals surface area contributed by atoms with Crippen molar-refractivity contribution < 1.29 is 9.53 Å². The van der Waals surface area contributed by atoms with Gasteiger partial charge in [-0.3, -0.25) is 9.48 Å². The standard InChI is InChI=1S/C27H29N5O2/c1-17-15-32(16-18(2)34-17)22-12-10-21(11-13-22)28-27(33)23-14-24(20-8-6-5-7-9-20)29-26-25(23)19(3)30-31(26)4/h5-14,17-18H,15-16H2,1-4H3,(H,28,33). The van der Waals surface area contributed by atoms with E-state index in [1.807, 2.05) is 74.6 Å². The minimum absolute atomic E-state index is 0.179. The van der Waals surface area contributed by atoms with Crippen LogP contribution in [0, 0.1) is 6.92 Å². The van der Waals surface area contributed by atoms with E-state index in [4.69, 9.17) is 9.72 Å². The van der Waals surface area contributed by atoms with Gasteiger partial charge < -0.3 is 15.0 Å². The zero-order valence-corrected chi connectivity index (χ0v) is 19.9. The van der Waals surface area contributed by atoms with E-state index in [0.29, 0.717) is 11.2 Å². The SMILES string of the molecule is Cc1nn(C)c2nc(-c3ccccc3)cc(C(=O)Nc3ccc(N4CC(C)OC(C)C4)cc3)c12. The minimum Gasteiger partial charge on any atom is -0.372 e. The van der Waals surface area contributed by atoms with E-state index in [2.05, 4.69) is 29.2 Å². The average molecular weight is 456 g/mol. The zero-order valence-electron chi connectivity index (χ0n) is 19.9. The molecule has 0 bridgehead atoms. The van der Waals surface area contributed by atoms with E-state index in [0.717, 1.165) is 46.8 Å². The Morgan fingerprint density at radius 1 is 1.03 bits per heavy atom. The molecule has 1 amide bonds. The summed E-state index contributed by atoms with van der Waals surface area (Å²) in [4.78, 5) is 20.6. The molecule has 1 aliphatic heterocycles. The number of aryl methyl sites for hydroxylation is 2. The van der Waals surface area contributed by atoms with Crippen LogP contribution in [-0.4, -0.2) is 46.0 Å². The van der Waals surface area contributed by atoms with Gasteiger partial charge in [-0.1, -0.05) is 30.3 Å². The number of pyridine rings is 1. The maximum Gasteiger partial charge on any atom is 0.256 e. The highest BCUT2D eigenvalue weighted by molar-refractivity contribution is 6.13. The second-order valence-electron chi connectivity index (χ2n) is 8.99. The predicted molar refractivity (Wildman–Crippen MR) is 135 cm³/mol. The summed E-state index contributed by atoms with van der Waals surface area (Å²) in [6.45, 7) is 7.80. The number of anilines is 2. The van der Waals surface area contributed by atoms with Crippen molar-refractivity contribution in [1.82, 2.24) is 14.8 Å². The fourth-order valence-corrected chi connectivity index (χ4v) is 4.72. The van der Waals surface area contributed by atoms with Gasteiger partial charge in [0, 0.05) is 37.1 Å². The fourth-order valence-electron chi connectivity index (χ4n) is 4.72. The number of amides is 1. The molecule has 174 valence electrons. The van der Waals surface area contributed by atoms with Gasteiger partial charge in [0.15, 0.2) is 5.65 Å². The molecule has 5 rings (SSSR count). The molecule has 2 aromatic carbocycles. The first-order chi connectivity index (χ1) is 16.4. The van der Waals surface area contributed by atoms with Gasteiger partial charge in [-0.25, -0.2) is 4.98 Å². The first-order valence-electron chi connectivity index (χ1n) is 11.6. The van der Waals surface area contributed by atoms with Crippen LogP contribution < -0.4 is 10.2 Å². The van der Waals surface area contributed by atoms with Crippen LogP contribution in [0.3, 0.4) is 0 Å². The number of aromatic nitrogens is 3. The van der Waals surface area contributed by atoms with Gasteiger partial charge in [0.05, 0.1) is 34.5 Å². The van der Waals surface area contributed by atoms with Crippen molar-refractivity contribution in [3.8, 4) is 11.3 Å². The summed E-state index contributed by atoms with van der Waals surface area (Å²) in [5.41, 5.74) is 5.60. The summed E-state index contributed by atoms with van der Waals surface area (Å²) in [7, 11) is 1.85. The van der Waals surface area contributed by atoms with Gasteiger partial charge in [0.25, 0.3) is 5.91 Å². The Bertz CT molecular complexity index is 1320. The van der Waals surface area contributed by atoms with E-state index in [1.165, 1.54) is 0 Å². The molecule has 1 aliphatic rings. The Hall–Kier alpha value is -3.71. The molecule has 7 heteroatoms. The van der Waals surface area contributed by atoms with Crippen molar-refractivity contribution >= 4 is 28.3 Å². The van der Waals surface area contributed by atoms with Crippen LogP contribution in [-0.2, 0) is 11.8 Å². The first-order valence-corrected chi connectivity index (χ1v) is 11.6. The van der Waals surface area contributed by atoms with Gasteiger partial charge in [0.1, 0.15) is 0 Å². The Labute approximate surface area is 199 Å². The number of benzene rings is 2. The third-order valence-electron chi connectivity index (χ3n) is 6.19. The number of carbonyl (C=O) groups is 1. The van der Waals surface area contributed by atoms with Gasteiger partial charge in [-0.15, -0.1) is 0 Å². The number of morpholine rings is 1. The smallest absolute Gasteiger partial charge is 0.256 e. The molecule has 0 spiro atoms. The summed E-state index contributed by atoms with van der Waals surface area (Å²) in [6, 6.07) is 19.7. The van der Waals surface area contributed by atoms with Crippen LogP contribution in [0.25, 0.3) is 22.3 Å². The average Bonchev–Trinajstić information content (AvgIpc) is 3.12. The summed E-state index contributed by atoms with van der Waals surface area (Å²) in [5, 5.41) is 8.35. The van der Waals surface area contributed by atoms with E-state index >= 15 is 0 Å². The Balaban J connectivity index is 1.44. The largest absolute Gasteiger partial charge is 0.372 e. The molecule has 1 N–H and O–H groups in total. The number of hydrogen-bond donors (Lipinski definition) is 1. The van der Waals surface area contributed by atoms with Crippen LogP contribution in [0.2, 0.25) is 0 Å². The van der Waals surface area contributed by atoms with Crippen molar-refractivity contribution in [2.24, 2.45) is 7.05 Å². The van der Waals surface area contributed by atoms with E-state index in [-0.39, 0.29) is 18.1 Å². The monoisotopic (exact) mass is 455 g/mol. The lowest BCUT2D eigenvalue weighted by molar-refractivity contribution is -0.00521. The Morgan fingerprint density at radius 3 is 2.38 bits per heavy atom. The highest BCUT2D eigenvalue weighted by Gasteiger charge is 2.23. The van der Waals surface area contributed by atoms with Gasteiger partial charge in [0.2, 0.25) is 0 Å². The summed E-state index contributed by atoms with van der Waals surface area (Å²) < 4.78 is 7.57. The predicted octanol–water partition coefficient (Wildman–Crippen LogP) is 4.81. The van der Waals surface area contributed by atoms with Crippen molar-refractivity contribution in [2.45, 2.75) is 33.0 Å². The number of hydrogen-bond acceptors (Lipinski definition) is 5. The van der Waals surface area contributed by atoms with E-state index < -0.39 is 0 Å². The van der Waals surface area contributed by atoms with Gasteiger partial charge in [-0.2, -0.15) is 5.10 Å². The van der Waals surface area contributed by atoms with Crippen LogP contribution >= 0.6 is 0 Å². The molecule has 0 aliphatic carbocycles. The second kappa shape index (κ2) is 8.91. The topological polar surface area (TPSA) is 72.3 Å². The maximum absolute atomic E-state index is 13.4. The number of ether oxygens (including phenoxy) is 1. The highest BCUT2D eigenvalue weighted by Crippen LogP contribution is 2.28. The molecule has 2 aromatic heterocycles. The third kappa shape index (κ3) is 4.26. The second-order valence-corrected chi connectivity index (χ2v) is 8.99. The number of fused-ring (bicyclic) bond motifs is 1. The van der Waals surface area contributed by atoms with E-state index in [1.54, 1.807) is 4.68 Å². The van der Waals surface area contributed by atoms with Crippen LogP contribution in [0.15, 0.2) is 60.7 Å². The molecular weight excluding hydrogens is 426 g/mol. The van der Waals surface area contributed by atoms with Crippen molar-refractivity contribution in [2.75, 3.05) is 23.3 Å². The molecule has 3 heterocycles. The molecule has 0 radical (unpaired) electrons. The number of carbonyl (C=O) groups excluding carboxylic acids is 1. The lowest BCUT2D eigenvalue weighted by atomic mass is 10.0. The number of nitrogens with one attached hydrogen (secondary N) is 1. The summed E-state index contributed by atoms with van der Waals surface area (Å²) in [5.74, 6) is -0.179. The van der Waals surface area contributed by atoms with Crippen LogP contribution in [0.5, 0.6) is 0 Å². The number of rotatable bonds is 4. The fraction of sp³-hybridized carbons (Fsp3) is 0.296. The zero-order chi connectivity index (χ0) is 23.8. The quantitative estimate of drug-likeness (QED) is 0.478. The molecular formula is C27H29N5O2. The Morgan fingerprint density at radius 2 is 1.71 bits per heavy atom. The lowest BCUT2D eigenvalue weighted by Crippen LogP contribution is -2.45.